The molecule has 2 aromatic rings. The topological polar surface area (TPSA) is 121 Å². The highest BCUT2D eigenvalue weighted by Gasteiger charge is 2.17. The zero-order valence-electron chi connectivity index (χ0n) is 12.3. The molecule has 0 saturated heterocycles. The van der Waals surface area contributed by atoms with Gasteiger partial charge in [-0.05, 0) is 32.9 Å². The number of carboxylic acids is 1. The van der Waals surface area contributed by atoms with Crippen molar-refractivity contribution in [1.29, 1.82) is 0 Å². The second kappa shape index (κ2) is 5.47. The van der Waals surface area contributed by atoms with Crippen molar-refractivity contribution in [2.75, 3.05) is 5.32 Å². The molecule has 0 aromatic carbocycles. The van der Waals surface area contributed by atoms with Gasteiger partial charge in [0.15, 0.2) is 0 Å². The molecule has 0 radical (unpaired) electrons. The zero-order chi connectivity index (χ0) is 16.5. The number of aromatic nitrogens is 2. The number of fused-ring (bicyclic) bond motifs is 1. The number of nitrogens with zero attached hydrogens (tertiary/aromatic N) is 1. The maximum absolute atomic E-state index is 11.7. The van der Waals surface area contributed by atoms with Crippen LogP contribution in [0, 0.1) is 0 Å². The molecule has 0 unspecified atom stereocenters. The van der Waals surface area contributed by atoms with E-state index in [1.54, 1.807) is 20.8 Å². The molecule has 0 atom stereocenters. The van der Waals surface area contributed by atoms with Crippen LogP contribution in [0.3, 0.4) is 0 Å². The first-order valence-corrected chi connectivity index (χ1v) is 6.43. The SMILES string of the molecule is CC(C)(C)OC(=O)Nc1ccc2c(C(=O)O)cc(=O)[nH]c2n1. The Kier molecular flexibility index (Phi) is 3.85. The second-order valence-electron chi connectivity index (χ2n) is 5.57. The van der Waals surface area contributed by atoms with Gasteiger partial charge in [0.2, 0.25) is 5.56 Å². The van der Waals surface area contributed by atoms with E-state index in [1.807, 2.05) is 0 Å². The quantitative estimate of drug-likeness (QED) is 0.779. The number of rotatable bonds is 2. The predicted molar refractivity (Wildman–Crippen MR) is 79.2 cm³/mol. The van der Waals surface area contributed by atoms with E-state index in [1.165, 1.54) is 12.1 Å². The number of carbonyl (C=O) groups is 2. The summed E-state index contributed by atoms with van der Waals surface area (Å²) in [6.07, 6.45) is -0.698. The van der Waals surface area contributed by atoms with Crippen LogP contribution in [0.15, 0.2) is 23.0 Å². The largest absolute Gasteiger partial charge is 0.478 e. The number of anilines is 1. The highest BCUT2D eigenvalue weighted by Crippen LogP contribution is 2.17. The Labute approximate surface area is 125 Å². The first kappa shape index (κ1) is 15.5. The molecule has 8 nitrogen and oxygen atoms in total. The van der Waals surface area contributed by atoms with Crippen molar-refractivity contribution < 1.29 is 19.4 Å². The Morgan fingerprint density at radius 2 is 2.00 bits per heavy atom. The summed E-state index contributed by atoms with van der Waals surface area (Å²) in [4.78, 5) is 40.7. The lowest BCUT2D eigenvalue weighted by Gasteiger charge is -2.19. The molecular formula is C14H15N3O5. The normalized spacial score (nSPS) is 11.2. The molecular weight excluding hydrogens is 290 g/mol. The molecule has 0 fully saturated rings. The summed E-state index contributed by atoms with van der Waals surface area (Å²) in [5.41, 5.74) is -1.34. The van der Waals surface area contributed by atoms with Crippen LogP contribution < -0.4 is 10.9 Å². The van der Waals surface area contributed by atoms with Crippen molar-refractivity contribution >= 4 is 28.9 Å². The fourth-order valence-corrected chi connectivity index (χ4v) is 1.79. The molecule has 0 bridgehead atoms. The summed E-state index contributed by atoms with van der Waals surface area (Å²) in [6, 6.07) is 3.86. The van der Waals surface area contributed by atoms with Gasteiger partial charge in [-0.3, -0.25) is 10.1 Å². The third-order valence-corrected chi connectivity index (χ3v) is 2.56. The smallest absolute Gasteiger partial charge is 0.413 e. The number of pyridine rings is 2. The van der Waals surface area contributed by atoms with E-state index >= 15 is 0 Å². The monoisotopic (exact) mass is 305 g/mol. The molecule has 0 aliphatic carbocycles. The fourth-order valence-electron chi connectivity index (χ4n) is 1.79. The number of hydrogen-bond acceptors (Lipinski definition) is 5. The van der Waals surface area contributed by atoms with Crippen LogP contribution in [0.25, 0.3) is 11.0 Å². The lowest BCUT2D eigenvalue weighted by Crippen LogP contribution is -2.27. The Morgan fingerprint density at radius 3 is 2.59 bits per heavy atom. The second-order valence-corrected chi connectivity index (χ2v) is 5.57. The van der Waals surface area contributed by atoms with E-state index in [0.29, 0.717) is 0 Å². The predicted octanol–water partition coefficient (Wildman–Crippen LogP) is 1.97. The number of hydrogen-bond donors (Lipinski definition) is 3. The molecule has 116 valence electrons. The van der Waals surface area contributed by atoms with Gasteiger partial charge in [0.05, 0.1) is 5.56 Å². The molecule has 2 aromatic heterocycles. The molecule has 22 heavy (non-hydrogen) atoms. The minimum atomic E-state index is -1.23. The summed E-state index contributed by atoms with van der Waals surface area (Å²) in [5.74, 6) is -1.09. The summed E-state index contributed by atoms with van der Waals surface area (Å²) in [7, 11) is 0. The number of ether oxygens (including phenoxy) is 1. The van der Waals surface area contributed by atoms with Crippen molar-refractivity contribution in [3.63, 3.8) is 0 Å². The Bertz CT molecular complexity index is 804. The number of aromatic carboxylic acids is 1. The molecule has 0 aliphatic rings. The van der Waals surface area contributed by atoms with Crippen molar-refractivity contribution in [2.24, 2.45) is 0 Å². The number of aromatic amines is 1. The molecule has 3 N–H and O–H groups in total. The van der Waals surface area contributed by atoms with E-state index < -0.39 is 23.2 Å². The fraction of sp³-hybridized carbons (Fsp3) is 0.286. The first-order valence-electron chi connectivity index (χ1n) is 6.43. The highest BCUT2D eigenvalue weighted by molar-refractivity contribution is 6.01. The van der Waals surface area contributed by atoms with Gasteiger partial charge in [-0.2, -0.15) is 0 Å². The number of carbonyl (C=O) groups excluding carboxylic acids is 1. The van der Waals surface area contributed by atoms with Crippen LogP contribution in [-0.2, 0) is 4.74 Å². The number of H-pyrrole nitrogens is 1. The maximum Gasteiger partial charge on any atom is 0.413 e. The van der Waals surface area contributed by atoms with Gasteiger partial charge in [-0.1, -0.05) is 0 Å². The number of nitrogens with one attached hydrogen (secondary N) is 2. The van der Waals surface area contributed by atoms with Crippen molar-refractivity contribution in [1.82, 2.24) is 9.97 Å². The Balaban J connectivity index is 2.37. The van der Waals surface area contributed by atoms with E-state index in [4.69, 9.17) is 9.84 Å². The van der Waals surface area contributed by atoms with Crippen molar-refractivity contribution in [3.05, 3.63) is 34.1 Å². The molecule has 0 aliphatic heterocycles. The van der Waals surface area contributed by atoms with E-state index in [9.17, 15) is 14.4 Å². The van der Waals surface area contributed by atoms with Gasteiger partial charge in [0.25, 0.3) is 0 Å². The molecule has 8 heteroatoms. The van der Waals surface area contributed by atoms with Gasteiger partial charge in [0.1, 0.15) is 17.1 Å². The van der Waals surface area contributed by atoms with E-state index in [0.717, 1.165) is 6.07 Å². The van der Waals surface area contributed by atoms with Gasteiger partial charge >= 0.3 is 12.1 Å². The lowest BCUT2D eigenvalue weighted by molar-refractivity contribution is 0.0633. The minimum Gasteiger partial charge on any atom is -0.478 e. The third-order valence-electron chi connectivity index (χ3n) is 2.56. The first-order chi connectivity index (χ1) is 10.2. The molecule has 2 rings (SSSR count). The number of amides is 1. The van der Waals surface area contributed by atoms with Crippen LogP contribution >= 0.6 is 0 Å². The van der Waals surface area contributed by atoms with Crippen LogP contribution in [-0.4, -0.2) is 32.7 Å². The summed E-state index contributed by atoms with van der Waals surface area (Å²) >= 11 is 0. The standard InChI is InChI=1S/C14H15N3O5/c1-14(2,3)22-13(21)16-9-5-4-7-8(12(19)20)6-10(18)17-11(7)15-9/h4-6H,1-3H3,(H,19,20)(H2,15,16,17,18,21). The summed E-state index contributed by atoms with van der Waals surface area (Å²) in [5, 5.41) is 11.8. The summed E-state index contributed by atoms with van der Waals surface area (Å²) in [6.45, 7) is 5.16. The van der Waals surface area contributed by atoms with Crippen LogP contribution in [0.5, 0.6) is 0 Å². The maximum atomic E-state index is 11.7. The summed E-state index contributed by atoms with van der Waals surface area (Å²) < 4.78 is 5.08. The average Bonchev–Trinajstić information content (AvgIpc) is 2.34. The van der Waals surface area contributed by atoms with Crippen LogP contribution in [0.2, 0.25) is 0 Å². The molecule has 2 heterocycles. The number of carboxylic acid groups (broad SMARTS) is 1. The van der Waals surface area contributed by atoms with Gasteiger partial charge in [-0.15, -0.1) is 0 Å². The van der Waals surface area contributed by atoms with Crippen molar-refractivity contribution in [3.8, 4) is 0 Å². The van der Waals surface area contributed by atoms with E-state index in [2.05, 4.69) is 15.3 Å². The van der Waals surface area contributed by atoms with Crippen LogP contribution in [0.4, 0.5) is 10.6 Å². The lowest BCUT2D eigenvalue weighted by atomic mass is 10.1. The minimum absolute atomic E-state index is 0.0680. The molecule has 0 spiro atoms. The average molecular weight is 305 g/mol. The van der Waals surface area contributed by atoms with Gasteiger partial charge in [0, 0.05) is 11.5 Å². The van der Waals surface area contributed by atoms with Gasteiger partial charge in [-0.25, -0.2) is 14.6 Å². The zero-order valence-corrected chi connectivity index (χ0v) is 12.3. The van der Waals surface area contributed by atoms with Crippen molar-refractivity contribution in [2.45, 2.75) is 26.4 Å². The van der Waals surface area contributed by atoms with Gasteiger partial charge < -0.3 is 14.8 Å². The molecule has 1 amide bonds. The molecule has 0 saturated carbocycles. The highest BCUT2D eigenvalue weighted by atomic mass is 16.6. The van der Waals surface area contributed by atoms with E-state index in [-0.39, 0.29) is 22.4 Å². The third kappa shape index (κ3) is 3.60. The Morgan fingerprint density at radius 1 is 1.32 bits per heavy atom. The van der Waals surface area contributed by atoms with Crippen LogP contribution in [0.1, 0.15) is 31.1 Å². The Hall–Kier alpha value is -2.90.